The van der Waals surface area contributed by atoms with E-state index in [1.165, 1.54) is 0 Å². The van der Waals surface area contributed by atoms with Crippen molar-refractivity contribution in [1.82, 2.24) is 5.32 Å². The maximum Gasteiger partial charge on any atom is 0.303 e. The number of hydrogen-bond acceptors (Lipinski definition) is 3. The van der Waals surface area contributed by atoms with Gasteiger partial charge in [-0.2, -0.15) is 0 Å². The van der Waals surface area contributed by atoms with Gasteiger partial charge in [0.15, 0.2) is 0 Å². The van der Waals surface area contributed by atoms with Crippen molar-refractivity contribution in [1.29, 1.82) is 0 Å². The maximum atomic E-state index is 12.0. The van der Waals surface area contributed by atoms with Gasteiger partial charge in [0.1, 0.15) is 0 Å². The smallest absolute Gasteiger partial charge is 0.303 e. The van der Waals surface area contributed by atoms with Crippen molar-refractivity contribution in [2.45, 2.75) is 51.4 Å². The summed E-state index contributed by atoms with van der Waals surface area (Å²) in [6, 6.07) is 0. The third-order valence-electron chi connectivity index (χ3n) is 3.91. The Bertz CT molecular complexity index is 364. The molecule has 6 heteroatoms. The topological polar surface area (TPSA) is 83.5 Å². The highest BCUT2D eigenvalue weighted by atomic mass is 32.2. The summed E-state index contributed by atoms with van der Waals surface area (Å²) >= 11 is 0. The average molecular weight is 303 g/mol. The summed E-state index contributed by atoms with van der Waals surface area (Å²) in [5.41, 5.74) is -0.359. The van der Waals surface area contributed by atoms with Gasteiger partial charge in [-0.3, -0.25) is 13.8 Å². The second-order valence-corrected chi connectivity index (χ2v) is 7.34. The average Bonchev–Trinajstić information content (AvgIpc) is 2.34. The number of carboxylic acids is 1. The fourth-order valence-electron chi connectivity index (χ4n) is 2.94. The molecule has 0 radical (unpaired) electrons. The summed E-state index contributed by atoms with van der Waals surface area (Å²) in [5.74, 6) is -0.309. The van der Waals surface area contributed by atoms with E-state index in [4.69, 9.17) is 5.11 Å². The predicted octanol–water partition coefficient (Wildman–Crippen LogP) is 1.69. The van der Waals surface area contributed by atoms with E-state index in [2.05, 4.69) is 5.32 Å². The van der Waals surface area contributed by atoms with Crippen LogP contribution in [0.4, 0.5) is 0 Å². The van der Waals surface area contributed by atoms with Crippen LogP contribution in [0.2, 0.25) is 0 Å². The first kappa shape index (κ1) is 17.1. The molecule has 20 heavy (non-hydrogen) atoms. The fourth-order valence-corrected chi connectivity index (χ4v) is 3.50. The first-order valence-electron chi connectivity index (χ1n) is 7.22. The van der Waals surface area contributed by atoms with Gasteiger partial charge in [0, 0.05) is 35.8 Å². The molecule has 1 amide bonds. The Morgan fingerprint density at radius 2 is 1.85 bits per heavy atom. The van der Waals surface area contributed by atoms with E-state index in [9.17, 15) is 13.8 Å². The summed E-state index contributed by atoms with van der Waals surface area (Å²) < 4.78 is 10.9. The highest BCUT2D eigenvalue weighted by Crippen LogP contribution is 2.42. The summed E-state index contributed by atoms with van der Waals surface area (Å²) in [5, 5.41) is 11.9. The molecule has 5 nitrogen and oxygen atoms in total. The standard InChI is InChI=1S/C14H25NO4S/c1-20(19)9-5-8-15-12(16)10-14(11-13(17)18)6-3-2-4-7-14/h2-11H2,1H3,(H,15,16)(H,17,18). The molecule has 1 aliphatic rings. The minimum Gasteiger partial charge on any atom is -0.481 e. The van der Waals surface area contributed by atoms with Crippen LogP contribution in [0.5, 0.6) is 0 Å². The Hall–Kier alpha value is -0.910. The quantitative estimate of drug-likeness (QED) is 0.668. The predicted molar refractivity (Wildman–Crippen MR) is 78.9 cm³/mol. The largest absolute Gasteiger partial charge is 0.481 e. The van der Waals surface area contributed by atoms with Crippen LogP contribution in [-0.2, 0) is 20.4 Å². The highest BCUT2D eigenvalue weighted by Gasteiger charge is 2.36. The van der Waals surface area contributed by atoms with Gasteiger partial charge in [0.2, 0.25) is 5.91 Å². The van der Waals surface area contributed by atoms with Crippen molar-refractivity contribution < 1.29 is 18.9 Å². The van der Waals surface area contributed by atoms with Crippen LogP contribution in [0.15, 0.2) is 0 Å². The van der Waals surface area contributed by atoms with Gasteiger partial charge in [0.25, 0.3) is 0 Å². The lowest BCUT2D eigenvalue weighted by Crippen LogP contribution is -2.35. The summed E-state index contributed by atoms with van der Waals surface area (Å²) in [6.07, 6.45) is 7.52. The number of rotatable bonds is 8. The van der Waals surface area contributed by atoms with E-state index in [1.54, 1.807) is 6.26 Å². The molecule has 116 valence electrons. The minimum atomic E-state index is -0.832. The number of carbonyl (C=O) groups excluding carboxylic acids is 1. The lowest BCUT2D eigenvalue weighted by molar-refractivity contribution is -0.141. The third-order valence-corrected chi connectivity index (χ3v) is 4.77. The number of aliphatic carboxylic acids is 1. The second-order valence-electron chi connectivity index (χ2n) is 5.79. The lowest BCUT2D eigenvalue weighted by Gasteiger charge is -2.35. The lowest BCUT2D eigenvalue weighted by atomic mass is 9.69. The van der Waals surface area contributed by atoms with Crippen molar-refractivity contribution in [3.63, 3.8) is 0 Å². The molecule has 1 rings (SSSR count). The summed E-state index contributed by atoms with van der Waals surface area (Å²) in [4.78, 5) is 23.0. The molecule has 0 heterocycles. The zero-order valence-corrected chi connectivity index (χ0v) is 13.0. The first-order valence-corrected chi connectivity index (χ1v) is 8.95. The van der Waals surface area contributed by atoms with Crippen molar-refractivity contribution >= 4 is 22.7 Å². The molecule has 1 atom stereocenters. The van der Waals surface area contributed by atoms with Crippen LogP contribution in [0.25, 0.3) is 0 Å². The molecule has 2 N–H and O–H groups in total. The Morgan fingerprint density at radius 1 is 1.20 bits per heavy atom. The van der Waals surface area contributed by atoms with E-state index in [0.717, 1.165) is 32.1 Å². The van der Waals surface area contributed by atoms with Crippen LogP contribution in [0.1, 0.15) is 51.4 Å². The molecule has 0 aliphatic heterocycles. The first-order chi connectivity index (χ1) is 9.43. The van der Waals surface area contributed by atoms with Crippen molar-refractivity contribution in [2.75, 3.05) is 18.6 Å². The van der Waals surface area contributed by atoms with Gasteiger partial charge >= 0.3 is 5.97 Å². The fraction of sp³-hybridized carbons (Fsp3) is 0.857. The zero-order chi connectivity index (χ0) is 15.0. The Morgan fingerprint density at radius 3 is 2.40 bits per heavy atom. The molecule has 0 spiro atoms. The van der Waals surface area contributed by atoms with Crippen molar-refractivity contribution in [3.05, 3.63) is 0 Å². The van der Waals surface area contributed by atoms with Gasteiger partial charge in [-0.05, 0) is 24.7 Å². The van der Waals surface area contributed by atoms with Crippen LogP contribution in [0, 0.1) is 5.41 Å². The Labute approximate surface area is 123 Å². The molecule has 0 aromatic carbocycles. The van der Waals surface area contributed by atoms with Gasteiger partial charge in [-0.1, -0.05) is 19.3 Å². The Kier molecular flexibility index (Phi) is 7.19. The van der Waals surface area contributed by atoms with E-state index >= 15 is 0 Å². The molecule has 1 fully saturated rings. The van der Waals surface area contributed by atoms with Crippen LogP contribution in [-0.4, -0.2) is 39.7 Å². The summed E-state index contributed by atoms with van der Waals surface area (Å²) in [7, 11) is -0.832. The number of carbonyl (C=O) groups is 2. The number of hydrogen-bond donors (Lipinski definition) is 2. The molecule has 1 saturated carbocycles. The van der Waals surface area contributed by atoms with Crippen LogP contribution >= 0.6 is 0 Å². The van der Waals surface area contributed by atoms with Gasteiger partial charge < -0.3 is 10.4 Å². The molecule has 0 bridgehead atoms. The number of nitrogens with one attached hydrogen (secondary N) is 1. The Balaban J connectivity index is 2.41. The molecular weight excluding hydrogens is 278 g/mol. The number of carboxylic acid groups (broad SMARTS) is 1. The van der Waals surface area contributed by atoms with Gasteiger partial charge in [-0.25, -0.2) is 0 Å². The van der Waals surface area contributed by atoms with E-state index in [-0.39, 0.29) is 17.7 Å². The maximum absolute atomic E-state index is 12.0. The molecule has 0 aromatic heterocycles. The molecule has 1 aliphatic carbocycles. The normalized spacial score (nSPS) is 19.2. The molecule has 0 aromatic rings. The second kappa shape index (κ2) is 8.39. The van der Waals surface area contributed by atoms with Crippen LogP contribution < -0.4 is 5.32 Å². The molecular formula is C14H25NO4S. The van der Waals surface area contributed by atoms with E-state index in [1.807, 2.05) is 0 Å². The third kappa shape index (κ3) is 6.50. The van der Waals surface area contributed by atoms with Crippen LogP contribution in [0.3, 0.4) is 0 Å². The monoisotopic (exact) mass is 303 g/mol. The zero-order valence-electron chi connectivity index (χ0n) is 12.2. The number of amides is 1. The highest BCUT2D eigenvalue weighted by molar-refractivity contribution is 7.84. The van der Waals surface area contributed by atoms with Gasteiger partial charge in [0.05, 0.1) is 6.42 Å². The molecule has 0 saturated heterocycles. The minimum absolute atomic E-state index is 0.0740. The van der Waals surface area contributed by atoms with E-state index in [0.29, 0.717) is 25.1 Å². The van der Waals surface area contributed by atoms with Crippen molar-refractivity contribution in [2.24, 2.45) is 5.41 Å². The summed E-state index contributed by atoms with van der Waals surface area (Å²) in [6.45, 7) is 0.515. The SMILES string of the molecule is CS(=O)CCCNC(=O)CC1(CC(=O)O)CCCCC1. The van der Waals surface area contributed by atoms with E-state index < -0.39 is 16.8 Å². The van der Waals surface area contributed by atoms with Crippen molar-refractivity contribution in [3.8, 4) is 0 Å². The molecule has 1 unspecified atom stereocenters. The van der Waals surface area contributed by atoms with Gasteiger partial charge in [-0.15, -0.1) is 0 Å².